The highest BCUT2D eigenvalue weighted by Crippen LogP contribution is 2.40. The number of carbonyl (C=O) groups excluding carboxylic acids is 1. The average molecular weight is 309 g/mol. The van der Waals surface area contributed by atoms with Crippen molar-refractivity contribution in [2.75, 3.05) is 7.11 Å². The molecular weight excluding hydrogens is 286 g/mol. The number of amides is 1. The number of carbonyl (C=O) groups is 1. The molecule has 120 valence electrons. The van der Waals surface area contributed by atoms with Crippen molar-refractivity contribution in [3.8, 4) is 5.75 Å². The normalized spacial score (nSPS) is 15.0. The first kappa shape index (κ1) is 15.6. The van der Waals surface area contributed by atoms with E-state index in [-0.39, 0.29) is 11.9 Å². The topological polar surface area (TPSA) is 38.3 Å². The predicted octanol–water partition coefficient (Wildman–Crippen LogP) is 3.90. The summed E-state index contributed by atoms with van der Waals surface area (Å²) in [6, 6.07) is 18.3. The molecule has 0 bridgehead atoms. The maximum atomic E-state index is 12.3. The Hall–Kier alpha value is -2.29. The van der Waals surface area contributed by atoms with E-state index in [0.29, 0.717) is 12.3 Å². The second-order valence-corrected chi connectivity index (χ2v) is 6.14. The third kappa shape index (κ3) is 4.35. The molecule has 1 saturated carbocycles. The predicted molar refractivity (Wildman–Crippen MR) is 91.4 cm³/mol. The lowest BCUT2D eigenvalue weighted by Crippen LogP contribution is -2.30. The number of rotatable bonds is 7. The first-order chi connectivity index (χ1) is 11.3. The molecule has 2 aromatic rings. The van der Waals surface area contributed by atoms with Crippen LogP contribution in [0.25, 0.3) is 0 Å². The minimum atomic E-state index is 0.119. The van der Waals surface area contributed by atoms with Crippen LogP contribution in [-0.4, -0.2) is 13.0 Å². The first-order valence-corrected chi connectivity index (χ1v) is 8.23. The van der Waals surface area contributed by atoms with Gasteiger partial charge in [0.25, 0.3) is 0 Å². The highest BCUT2D eigenvalue weighted by Gasteiger charge is 2.33. The second-order valence-electron chi connectivity index (χ2n) is 6.14. The van der Waals surface area contributed by atoms with E-state index >= 15 is 0 Å². The molecule has 3 heteroatoms. The van der Waals surface area contributed by atoms with E-state index in [1.807, 2.05) is 42.5 Å². The highest BCUT2D eigenvalue weighted by atomic mass is 16.5. The Morgan fingerprint density at radius 2 is 1.96 bits per heavy atom. The molecule has 1 aliphatic carbocycles. The van der Waals surface area contributed by atoms with Gasteiger partial charge >= 0.3 is 0 Å². The molecular formula is C20H23NO2. The van der Waals surface area contributed by atoms with Crippen LogP contribution in [0.3, 0.4) is 0 Å². The molecule has 1 unspecified atom stereocenters. The standard InChI is InChI=1S/C20H23NO2/c1-23-18-9-5-6-15(14-18)10-13-19(22)21-20(17-11-12-17)16-7-3-2-4-8-16/h2-9,14,17,20H,10-13H2,1H3,(H,21,22). The van der Waals surface area contributed by atoms with Gasteiger partial charge in [-0.1, -0.05) is 42.5 Å². The van der Waals surface area contributed by atoms with Gasteiger partial charge in [0.2, 0.25) is 5.91 Å². The Morgan fingerprint density at radius 3 is 2.65 bits per heavy atom. The van der Waals surface area contributed by atoms with Gasteiger partial charge in [0.05, 0.1) is 13.2 Å². The summed E-state index contributed by atoms with van der Waals surface area (Å²) < 4.78 is 5.22. The van der Waals surface area contributed by atoms with Crippen LogP contribution in [0.1, 0.15) is 36.4 Å². The summed E-state index contributed by atoms with van der Waals surface area (Å²) in [6.45, 7) is 0. The van der Waals surface area contributed by atoms with Gasteiger partial charge in [0, 0.05) is 6.42 Å². The van der Waals surface area contributed by atoms with Crippen molar-refractivity contribution in [2.24, 2.45) is 5.92 Å². The molecule has 0 heterocycles. The lowest BCUT2D eigenvalue weighted by Gasteiger charge is -2.19. The van der Waals surface area contributed by atoms with E-state index in [4.69, 9.17) is 4.74 Å². The molecule has 0 saturated heterocycles. The summed E-state index contributed by atoms with van der Waals surface area (Å²) in [4.78, 5) is 12.3. The van der Waals surface area contributed by atoms with Crippen molar-refractivity contribution in [1.29, 1.82) is 0 Å². The third-order valence-corrected chi connectivity index (χ3v) is 4.34. The molecule has 1 amide bonds. The Bertz CT molecular complexity index is 650. The number of aryl methyl sites for hydroxylation is 1. The minimum absolute atomic E-state index is 0.119. The van der Waals surface area contributed by atoms with Gasteiger partial charge in [-0.25, -0.2) is 0 Å². The number of hydrogen-bond donors (Lipinski definition) is 1. The molecule has 0 aliphatic heterocycles. The lowest BCUT2D eigenvalue weighted by atomic mass is 10.0. The largest absolute Gasteiger partial charge is 0.497 e. The number of hydrogen-bond acceptors (Lipinski definition) is 2. The molecule has 0 radical (unpaired) electrons. The van der Waals surface area contributed by atoms with Crippen LogP contribution < -0.4 is 10.1 Å². The van der Waals surface area contributed by atoms with Crippen LogP contribution in [0.5, 0.6) is 5.75 Å². The van der Waals surface area contributed by atoms with Crippen molar-refractivity contribution in [2.45, 2.75) is 31.7 Å². The lowest BCUT2D eigenvalue weighted by molar-refractivity contribution is -0.122. The maximum absolute atomic E-state index is 12.3. The Kier molecular flexibility index (Phi) is 4.96. The van der Waals surface area contributed by atoms with E-state index in [1.165, 1.54) is 18.4 Å². The monoisotopic (exact) mass is 309 g/mol. The van der Waals surface area contributed by atoms with Gasteiger partial charge in [0.15, 0.2) is 0 Å². The van der Waals surface area contributed by atoms with Gasteiger partial charge in [0.1, 0.15) is 5.75 Å². The number of nitrogens with one attached hydrogen (secondary N) is 1. The Morgan fingerprint density at radius 1 is 1.17 bits per heavy atom. The fourth-order valence-electron chi connectivity index (χ4n) is 2.89. The van der Waals surface area contributed by atoms with Crippen LogP contribution in [0.2, 0.25) is 0 Å². The van der Waals surface area contributed by atoms with Crippen LogP contribution >= 0.6 is 0 Å². The molecule has 2 aromatic carbocycles. The van der Waals surface area contributed by atoms with E-state index in [1.54, 1.807) is 7.11 Å². The zero-order valence-corrected chi connectivity index (χ0v) is 13.5. The Labute approximate surface area is 137 Å². The zero-order chi connectivity index (χ0) is 16.1. The fourth-order valence-corrected chi connectivity index (χ4v) is 2.89. The number of methoxy groups -OCH3 is 1. The van der Waals surface area contributed by atoms with Gasteiger partial charge in [-0.2, -0.15) is 0 Å². The second kappa shape index (κ2) is 7.32. The van der Waals surface area contributed by atoms with Crippen LogP contribution in [0.15, 0.2) is 54.6 Å². The molecule has 23 heavy (non-hydrogen) atoms. The molecule has 0 spiro atoms. The number of ether oxygens (including phenoxy) is 1. The van der Waals surface area contributed by atoms with Crippen molar-refractivity contribution in [1.82, 2.24) is 5.32 Å². The average Bonchev–Trinajstić information content (AvgIpc) is 3.44. The smallest absolute Gasteiger partial charge is 0.220 e. The summed E-state index contributed by atoms with van der Waals surface area (Å²) in [6.07, 6.45) is 3.64. The molecule has 1 aliphatic rings. The van der Waals surface area contributed by atoms with Crippen LogP contribution in [0.4, 0.5) is 0 Å². The SMILES string of the molecule is COc1cccc(CCC(=O)NC(c2ccccc2)C2CC2)c1. The fraction of sp³-hybridized carbons (Fsp3) is 0.350. The van der Waals surface area contributed by atoms with Gasteiger partial charge in [-0.15, -0.1) is 0 Å². The maximum Gasteiger partial charge on any atom is 0.220 e. The summed E-state index contributed by atoms with van der Waals surface area (Å²) in [5.74, 6) is 1.55. The van der Waals surface area contributed by atoms with E-state index in [2.05, 4.69) is 17.4 Å². The van der Waals surface area contributed by atoms with Gasteiger partial charge < -0.3 is 10.1 Å². The molecule has 1 fully saturated rings. The zero-order valence-electron chi connectivity index (χ0n) is 13.5. The van der Waals surface area contributed by atoms with E-state index in [0.717, 1.165) is 17.7 Å². The molecule has 1 atom stereocenters. The minimum Gasteiger partial charge on any atom is -0.497 e. The molecule has 3 rings (SSSR count). The highest BCUT2D eigenvalue weighted by molar-refractivity contribution is 5.76. The summed E-state index contributed by atoms with van der Waals surface area (Å²) in [5.41, 5.74) is 2.34. The summed E-state index contributed by atoms with van der Waals surface area (Å²) >= 11 is 0. The summed E-state index contributed by atoms with van der Waals surface area (Å²) in [5, 5.41) is 3.22. The molecule has 0 aromatic heterocycles. The van der Waals surface area contributed by atoms with Crippen molar-refractivity contribution in [3.05, 3.63) is 65.7 Å². The van der Waals surface area contributed by atoms with Crippen LogP contribution in [-0.2, 0) is 11.2 Å². The Balaban J connectivity index is 1.57. The van der Waals surface area contributed by atoms with Crippen molar-refractivity contribution in [3.63, 3.8) is 0 Å². The van der Waals surface area contributed by atoms with Gasteiger partial charge in [-0.3, -0.25) is 4.79 Å². The molecule has 3 nitrogen and oxygen atoms in total. The quantitative estimate of drug-likeness (QED) is 0.842. The van der Waals surface area contributed by atoms with Crippen LogP contribution in [0, 0.1) is 5.92 Å². The number of benzene rings is 2. The van der Waals surface area contributed by atoms with Crippen molar-refractivity contribution < 1.29 is 9.53 Å². The van der Waals surface area contributed by atoms with E-state index < -0.39 is 0 Å². The van der Waals surface area contributed by atoms with E-state index in [9.17, 15) is 4.79 Å². The van der Waals surface area contributed by atoms with Crippen molar-refractivity contribution >= 4 is 5.91 Å². The molecule has 1 N–H and O–H groups in total. The summed E-state index contributed by atoms with van der Waals surface area (Å²) in [7, 11) is 1.66. The first-order valence-electron chi connectivity index (χ1n) is 8.23. The van der Waals surface area contributed by atoms with Gasteiger partial charge in [-0.05, 0) is 48.4 Å². The third-order valence-electron chi connectivity index (χ3n) is 4.34.